The summed E-state index contributed by atoms with van der Waals surface area (Å²) in [4.78, 5) is 4.32. The number of aryl methyl sites for hydroxylation is 1. The zero-order valence-corrected chi connectivity index (χ0v) is 15.7. The van der Waals surface area contributed by atoms with Gasteiger partial charge in [-0.05, 0) is 60.9 Å². The van der Waals surface area contributed by atoms with Gasteiger partial charge in [0.2, 0.25) is 0 Å². The summed E-state index contributed by atoms with van der Waals surface area (Å²) >= 11 is 2.03. The third kappa shape index (κ3) is 1.63. The maximum atomic E-state index is 2.79. The molecule has 1 spiro atoms. The zero-order valence-electron chi connectivity index (χ0n) is 14.9. The van der Waals surface area contributed by atoms with Crippen LogP contribution in [-0.4, -0.2) is 5.88 Å². The van der Waals surface area contributed by atoms with E-state index in [0.29, 0.717) is 5.41 Å². The Balaban J connectivity index is 1.60. The topological polar surface area (TPSA) is 3.24 Å². The van der Waals surface area contributed by atoms with Crippen LogP contribution in [-0.2, 0) is 11.0 Å². The Labute approximate surface area is 154 Å². The van der Waals surface area contributed by atoms with Crippen molar-refractivity contribution in [1.82, 2.24) is 0 Å². The van der Waals surface area contributed by atoms with Gasteiger partial charge in [0.1, 0.15) is 0 Å². The normalized spacial score (nSPS) is 32.6. The van der Waals surface area contributed by atoms with Gasteiger partial charge >= 0.3 is 0 Å². The molecule has 2 saturated carbocycles. The second kappa shape index (κ2) is 4.85. The lowest BCUT2D eigenvalue weighted by Crippen LogP contribution is -2.41. The first-order valence-corrected chi connectivity index (χ1v) is 10.9. The molecule has 0 N–H and O–H groups in total. The Morgan fingerprint density at radius 1 is 1.00 bits per heavy atom. The molecule has 2 fully saturated rings. The van der Waals surface area contributed by atoms with Crippen molar-refractivity contribution in [3.8, 4) is 0 Å². The molecule has 0 aromatic heterocycles. The molecule has 0 saturated heterocycles. The molecule has 2 atom stereocenters. The van der Waals surface area contributed by atoms with Crippen LogP contribution < -0.4 is 4.90 Å². The molecule has 4 aliphatic rings. The predicted molar refractivity (Wildman–Crippen MR) is 105 cm³/mol. The number of fused-ring (bicyclic) bond motifs is 4. The minimum atomic E-state index is 0.257. The lowest BCUT2D eigenvalue weighted by molar-refractivity contribution is 0.271. The highest BCUT2D eigenvalue weighted by Gasteiger charge is 2.79. The molecule has 2 aliphatic carbocycles. The molecular weight excluding hydrogens is 322 g/mol. The number of rotatable bonds is 1. The van der Waals surface area contributed by atoms with Gasteiger partial charge in [0, 0.05) is 16.0 Å². The number of nitrogens with zero attached hydrogens (tertiary/aromatic N) is 1. The van der Waals surface area contributed by atoms with Crippen LogP contribution in [0.5, 0.6) is 0 Å². The predicted octanol–water partition coefficient (Wildman–Crippen LogP) is 6.00. The third-order valence-electron chi connectivity index (χ3n) is 7.52. The van der Waals surface area contributed by atoms with E-state index < -0.39 is 0 Å². The van der Waals surface area contributed by atoms with Crippen LogP contribution in [0.4, 0.5) is 5.69 Å². The lowest BCUT2D eigenvalue weighted by Gasteiger charge is -2.39. The molecule has 0 radical (unpaired) electrons. The van der Waals surface area contributed by atoms with Crippen LogP contribution in [0, 0.1) is 12.8 Å². The fraction of sp³-hybridized carbons (Fsp3) is 0.478. The molecule has 2 heterocycles. The van der Waals surface area contributed by atoms with Gasteiger partial charge in [0.25, 0.3) is 0 Å². The molecule has 0 amide bonds. The SMILES string of the molecule is Cc1ccc2c(c1)N1CSc3ccccc3C13CC23C1CCCCC1. The van der Waals surface area contributed by atoms with E-state index in [0.717, 1.165) is 11.8 Å². The molecule has 0 bridgehead atoms. The van der Waals surface area contributed by atoms with E-state index >= 15 is 0 Å². The average molecular weight is 348 g/mol. The van der Waals surface area contributed by atoms with Crippen molar-refractivity contribution in [2.45, 2.75) is 61.3 Å². The standard InChI is InChI=1S/C23H25NS/c1-16-11-12-18-20(13-16)24-15-25-21-10-6-5-9-19(21)23(24)14-22(18,23)17-7-3-2-4-8-17/h5-6,9-13,17H,2-4,7-8,14-15H2,1H3. The van der Waals surface area contributed by atoms with Crippen LogP contribution in [0.1, 0.15) is 55.2 Å². The van der Waals surface area contributed by atoms with Crippen molar-refractivity contribution in [2.24, 2.45) is 5.92 Å². The highest BCUT2D eigenvalue weighted by atomic mass is 32.2. The summed E-state index contributed by atoms with van der Waals surface area (Å²) in [5, 5.41) is 0. The van der Waals surface area contributed by atoms with Gasteiger partial charge in [-0.3, -0.25) is 0 Å². The van der Waals surface area contributed by atoms with Crippen molar-refractivity contribution in [2.75, 3.05) is 10.8 Å². The van der Waals surface area contributed by atoms with Crippen molar-refractivity contribution in [3.63, 3.8) is 0 Å². The molecule has 2 aromatic carbocycles. The number of benzene rings is 2. The molecular formula is C23H25NS. The smallest absolute Gasteiger partial charge is 0.0783 e. The molecule has 1 nitrogen and oxygen atoms in total. The number of hydrogen-bond donors (Lipinski definition) is 0. The second-order valence-corrected chi connectivity index (χ2v) is 9.55. The van der Waals surface area contributed by atoms with Gasteiger partial charge in [0.15, 0.2) is 0 Å². The first kappa shape index (κ1) is 14.7. The van der Waals surface area contributed by atoms with Crippen LogP contribution >= 0.6 is 11.8 Å². The fourth-order valence-electron chi connectivity index (χ4n) is 6.49. The second-order valence-electron chi connectivity index (χ2n) is 8.56. The molecule has 2 aliphatic heterocycles. The van der Waals surface area contributed by atoms with Gasteiger partial charge in [-0.2, -0.15) is 0 Å². The number of anilines is 1. The molecule has 25 heavy (non-hydrogen) atoms. The van der Waals surface area contributed by atoms with Gasteiger partial charge in [-0.1, -0.05) is 49.6 Å². The summed E-state index contributed by atoms with van der Waals surface area (Å²) in [5.74, 6) is 1.98. The molecule has 128 valence electrons. The Morgan fingerprint density at radius 3 is 2.72 bits per heavy atom. The average Bonchev–Trinajstić information content (AvgIpc) is 3.27. The third-order valence-corrected chi connectivity index (χ3v) is 8.57. The van der Waals surface area contributed by atoms with E-state index in [1.165, 1.54) is 49.0 Å². The Kier molecular flexibility index (Phi) is 2.86. The van der Waals surface area contributed by atoms with E-state index in [1.54, 1.807) is 16.8 Å². The van der Waals surface area contributed by atoms with E-state index in [-0.39, 0.29) is 5.54 Å². The van der Waals surface area contributed by atoms with Crippen molar-refractivity contribution in [3.05, 3.63) is 59.2 Å². The van der Waals surface area contributed by atoms with Crippen molar-refractivity contribution < 1.29 is 0 Å². The first-order chi connectivity index (χ1) is 12.3. The largest absolute Gasteiger partial charge is 0.351 e. The van der Waals surface area contributed by atoms with Crippen molar-refractivity contribution >= 4 is 17.4 Å². The minimum Gasteiger partial charge on any atom is -0.351 e. The molecule has 2 heteroatoms. The zero-order chi connectivity index (χ0) is 16.6. The highest BCUT2D eigenvalue weighted by Crippen LogP contribution is 2.79. The van der Waals surface area contributed by atoms with Gasteiger partial charge in [-0.15, -0.1) is 11.8 Å². The first-order valence-electron chi connectivity index (χ1n) is 9.88. The van der Waals surface area contributed by atoms with E-state index in [1.807, 2.05) is 11.8 Å². The summed E-state index contributed by atoms with van der Waals surface area (Å²) < 4.78 is 0. The summed E-state index contributed by atoms with van der Waals surface area (Å²) in [7, 11) is 0. The Morgan fingerprint density at radius 2 is 1.84 bits per heavy atom. The van der Waals surface area contributed by atoms with E-state index in [9.17, 15) is 0 Å². The number of hydrogen-bond acceptors (Lipinski definition) is 2. The summed E-state index contributed by atoms with van der Waals surface area (Å²) in [5.41, 5.74) is 6.87. The van der Waals surface area contributed by atoms with Crippen LogP contribution in [0.3, 0.4) is 0 Å². The minimum absolute atomic E-state index is 0.257. The summed E-state index contributed by atoms with van der Waals surface area (Å²) in [6, 6.07) is 16.6. The number of thioether (sulfide) groups is 1. The summed E-state index contributed by atoms with van der Waals surface area (Å²) in [6.07, 6.45) is 8.51. The van der Waals surface area contributed by atoms with Crippen molar-refractivity contribution in [1.29, 1.82) is 0 Å². The Bertz CT molecular complexity index is 868. The highest BCUT2D eigenvalue weighted by molar-refractivity contribution is 7.99. The van der Waals surface area contributed by atoms with Crippen LogP contribution in [0.25, 0.3) is 0 Å². The van der Waals surface area contributed by atoms with E-state index in [2.05, 4.69) is 54.3 Å². The monoisotopic (exact) mass is 347 g/mol. The summed E-state index contributed by atoms with van der Waals surface area (Å²) in [6.45, 7) is 2.25. The fourth-order valence-corrected chi connectivity index (χ4v) is 7.68. The van der Waals surface area contributed by atoms with Gasteiger partial charge < -0.3 is 4.90 Å². The Hall–Kier alpha value is -1.41. The maximum absolute atomic E-state index is 2.79. The van der Waals surface area contributed by atoms with Crippen LogP contribution in [0.15, 0.2) is 47.4 Å². The lowest BCUT2D eigenvalue weighted by atomic mass is 9.72. The van der Waals surface area contributed by atoms with Gasteiger partial charge in [0.05, 0.1) is 11.4 Å². The van der Waals surface area contributed by atoms with Crippen LogP contribution in [0.2, 0.25) is 0 Å². The molecule has 2 aromatic rings. The maximum Gasteiger partial charge on any atom is 0.0783 e. The van der Waals surface area contributed by atoms with Gasteiger partial charge in [-0.25, -0.2) is 0 Å². The molecule has 6 rings (SSSR count). The quantitative estimate of drug-likeness (QED) is 0.623. The van der Waals surface area contributed by atoms with E-state index in [4.69, 9.17) is 0 Å². The molecule has 2 unspecified atom stereocenters.